The van der Waals surface area contributed by atoms with E-state index in [0.29, 0.717) is 11.9 Å². The average Bonchev–Trinajstić information content (AvgIpc) is 2.84. The zero-order valence-electron chi connectivity index (χ0n) is 11.6. The summed E-state index contributed by atoms with van der Waals surface area (Å²) in [6.45, 7) is 2.72. The largest absolute Gasteiger partial charge is 0.496 e. The van der Waals surface area contributed by atoms with Gasteiger partial charge < -0.3 is 9.30 Å². The molecule has 0 aliphatic rings. The fourth-order valence-corrected chi connectivity index (χ4v) is 2.54. The van der Waals surface area contributed by atoms with Gasteiger partial charge in [0.25, 0.3) is 0 Å². The molecule has 2 nitrogen and oxygen atoms in total. The predicted molar refractivity (Wildman–Crippen MR) is 78.7 cm³/mol. The molecule has 3 heteroatoms. The molecule has 0 saturated carbocycles. The molecule has 0 bridgehead atoms. The van der Waals surface area contributed by atoms with Crippen LogP contribution in [0.25, 0.3) is 10.9 Å². The van der Waals surface area contributed by atoms with Gasteiger partial charge in [0.1, 0.15) is 11.6 Å². The highest BCUT2D eigenvalue weighted by Gasteiger charge is 2.08. The van der Waals surface area contributed by atoms with E-state index in [2.05, 4.69) is 13.0 Å². The van der Waals surface area contributed by atoms with Crippen molar-refractivity contribution in [2.45, 2.75) is 13.5 Å². The molecular formula is C17H16FNO. The van der Waals surface area contributed by atoms with Gasteiger partial charge in [-0.3, -0.25) is 0 Å². The van der Waals surface area contributed by atoms with Crippen LogP contribution in [0, 0.1) is 12.7 Å². The lowest BCUT2D eigenvalue weighted by Gasteiger charge is -2.11. The van der Waals surface area contributed by atoms with E-state index in [1.54, 1.807) is 13.2 Å². The van der Waals surface area contributed by atoms with Crippen molar-refractivity contribution in [1.29, 1.82) is 0 Å². The Kier molecular flexibility index (Phi) is 3.18. The maximum atomic E-state index is 13.7. The van der Waals surface area contributed by atoms with Crippen LogP contribution in [0.2, 0.25) is 0 Å². The SMILES string of the molecule is COc1ccc(C)cc1Cn1ccc2c(F)cccc21. The van der Waals surface area contributed by atoms with Gasteiger partial charge in [-0.25, -0.2) is 4.39 Å². The summed E-state index contributed by atoms with van der Waals surface area (Å²) in [6, 6.07) is 13.1. The topological polar surface area (TPSA) is 14.2 Å². The average molecular weight is 269 g/mol. The molecule has 0 aliphatic heterocycles. The van der Waals surface area contributed by atoms with Gasteiger partial charge >= 0.3 is 0 Å². The summed E-state index contributed by atoms with van der Waals surface area (Å²) < 4.78 is 21.1. The maximum absolute atomic E-state index is 13.7. The first-order valence-corrected chi connectivity index (χ1v) is 6.56. The minimum Gasteiger partial charge on any atom is -0.496 e. The number of benzene rings is 2. The zero-order valence-corrected chi connectivity index (χ0v) is 11.6. The molecule has 3 rings (SSSR count). The molecule has 0 radical (unpaired) electrons. The van der Waals surface area contributed by atoms with Gasteiger partial charge in [0.15, 0.2) is 0 Å². The highest BCUT2D eigenvalue weighted by atomic mass is 19.1. The van der Waals surface area contributed by atoms with Crippen LogP contribution < -0.4 is 4.74 Å². The molecule has 2 aromatic carbocycles. The summed E-state index contributed by atoms with van der Waals surface area (Å²) >= 11 is 0. The number of methoxy groups -OCH3 is 1. The van der Waals surface area contributed by atoms with E-state index >= 15 is 0 Å². The van der Waals surface area contributed by atoms with E-state index < -0.39 is 0 Å². The number of halogens is 1. The van der Waals surface area contributed by atoms with Crippen LogP contribution >= 0.6 is 0 Å². The van der Waals surface area contributed by atoms with Crippen LogP contribution in [0.3, 0.4) is 0 Å². The first kappa shape index (κ1) is 12.7. The van der Waals surface area contributed by atoms with Crippen molar-refractivity contribution in [2.75, 3.05) is 7.11 Å². The van der Waals surface area contributed by atoms with Gasteiger partial charge in [0.2, 0.25) is 0 Å². The van der Waals surface area contributed by atoms with E-state index in [4.69, 9.17) is 4.74 Å². The molecule has 102 valence electrons. The van der Waals surface area contributed by atoms with Gasteiger partial charge in [-0.1, -0.05) is 23.8 Å². The van der Waals surface area contributed by atoms with E-state index in [0.717, 1.165) is 16.8 Å². The molecule has 20 heavy (non-hydrogen) atoms. The molecule has 1 heterocycles. The molecule has 0 fully saturated rings. The summed E-state index contributed by atoms with van der Waals surface area (Å²) in [5, 5.41) is 0.652. The molecule has 0 amide bonds. The lowest BCUT2D eigenvalue weighted by Crippen LogP contribution is -2.01. The van der Waals surface area contributed by atoms with Crippen LogP contribution in [0.15, 0.2) is 48.7 Å². The van der Waals surface area contributed by atoms with Crippen molar-refractivity contribution >= 4 is 10.9 Å². The number of hydrogen-bond acceptors (Lipinski definition) is 1. The number of ether oxygens (including phenoxy) is 1. The number of hydrogen-bond donors (Lipinski definition) is 0. The van der Waals surface area contributed by atoms with Gasteiger partial charge in [0.05, 0.1) is 19.2 Å². The molecule has 0 aliphatic carbocycles. The molecule has 1 aromatic heterocycles. The fraction of sp³-hybridized carbons (Fsp3) is 0.176. The van der Waals surface area contributed by atoms with Crippen LogP contribution in [-0.4, -0.2) is 11.7 Å². The predicted octanol–water partition coefficient (Wildman–Crippen LogP) is 4.15. The number of rotatable bonds is 3. The van der Waals surface area contributed by atoms with Crippen molar-refractivity contribution in [3.8, 4) is 5.75 Å². The van der Waals surface area contributed by atoms with Gasteiger partial charge in [-0.05, 0) is 31.2 Å². The third-order valence-electron chi connectivity index (χ3n) is 3.54. The van der Waals surface area contributed by atoms with Crippen molar-refractivity contribution in [1.82, 2.24) is 4.57 Å². The lowest BCUT2D eigenvalue weighted by molar-refractivity contribution is 0.408. The summed E-state index contributed by atoms with van der Waals surface area (Å²) in [6.07, 6.45) is 1.91. The monoisotopic (exact) mass is 269 g/mol. The molecule has 3 aromatic rings. The number of fused-ring (bicyclic) bond motifs is 1. The van der Waals surface area contributed by atoms with E-state index in [1.807, 2.05) is 35.0 Å². The fourth-order valence-electron chi connectivity index (χ4n) is 2.54. The minimum atomic E-state index is -0.183. The van der Waals surface area contributed by atoms with Gasteiger partial charge in [-0.2, -0.15) is 0 Å². The Morgan fingerprint density at radius 1 is 1.15 bits per heavy atom. The minimum absolute atomic E-state index is 0.183. The lowest BCUT2D eigenvalue weighted by atomic mass is 10.1. The first-order valence-electron chi connectivity index (χ1n) is 6.56. The summed E-state index contributed by atoms with van der Waals surface area (Å²) in [5.74, 6) is 0.673. The Morgan fingerprint density at radius 3 is 2.80 bits per heavy atom. The third kappa shape index (κ3) is 2.16. The Balaban J connectivity index is 2.06. The molecule has 0 saturated heterocycles. The van der Waals surface area contributed by atoms with Crippen LogP contribution in [0.4, 0.5) is 4.39 Å². The molecule has 0 N–H and O–H groups in total. The number of aromatic nitrogens is 1. The van der Waals surface area contributed by atoms with E-state index in [-0.39, 0.29) is 5.82 Å². The second kappa shape index (κ2) is 5.00. The Hall–Kier alpha value is -2.29. The third-order valence-corrected chi connectivity index (χ3v) is 3.54. The van der Waals surface area contributed by atoms with E-state index in [1.165, 1.54) is 11.6 Å². The molecule has 0 unspecified atom stereocenters. The normalized spacial score (nSPS) is 10.9. The highest BCUT2D eigenvalue weighted by molar-refractivity contribution is 5.80. The van der Waals surface area contributed by atoms with Gasteiger partial charge in [-0.15, -0.1) is 0 Å². The summed E-state index contributed by atoms with van der Waals surface area (Å²) in [4.78, 5) is 0. The quantitative estimate of drug-likeness (QED) is 0.697. The molecule has 0 atom stereocenters. The van der Waals surface area contributed by atoms with Crippen molar-refractivity contribution < 1.29 is 9.13 Å². The zero-order chi connectivity index (χ0) is 14.1. The van der Waals surface area contributed by atoms with Crippen molar-refractivity contribution in [2.24, 2.45) is 0 Å². The van der Waals surface area contributed by atoms with Crippen molar-refractivity contribution in [3.63, 3.8) is 0 Å². The second-order valence-corrected chi connectivity index (χ2v) is 4.93. The Morgan fingerprint density at radius 2 is 2.00 bits per heavy atom. The van der Waals surface area contributed by atoms with E-state index in [9.17, 15) is 4.39 Å². The Labute approximate surface area is 117 Å². The smallest absolute Gasteiger partial charge is 0.132 e. The van der Waals surface area contributed by atoms with Crippen LogP contribution in [-0.2, 0) is 6.54 Å². The summed E-state index contributed by atoms with van der Waals surface area (Å²) in [7, 11) is 1.67. The molecular weight excluding hydrogens is 253 g/mol. The van der Waals surface area contributed by atoms with Crippen LogP contribution in [0.1, 0.15) is 11.1 Å². The maximum Gasteiger partial charge on any atom is 0.132 e. The standard InChI is InChI=1S/C17H16FNO/c1-12-6-7-17(20-2)13(10-12)11-19-9-8-14-15(18)4-3-5-16(14)19/h3-10H,11H2,1-2H3. The van der Waals surface area contributed by atoms with Crippen molar-refractivity contribution in [3.05, 3.63) is 65.6 Å². The second-order valence-electron chi connectivity index (χ2n) is 4.93. The van der Waals surface area contributed by atoms with Crippen LogP contribution in [0.5, 0.6) is 5.75 Å². The van der Waals surface area contributed by atoms with Gasteiger partial charge in [0, 0.05) is 17.1 Å². The highest BCUT2D eigenvalue weighted by Crippen LogP contribution is 2.24. The molecule has 0 spiro atoms. The first-order chi connectivity index (χ1) is 9.69. The summed E-state index contributed by atoms with van der Waals surface area (Å²) in [5.41, 5.74) is 3.17. The number of aryl methyl sites for hydroxylation is 1. The number of nitrogens with zero attached hydrogens (tertiary/aromatic N) is 1. The Bertz CT molecular complexity index is 761.